The number of hydrogen-bond donors (Lipinski definition) is 2. The number of aromatic nitrogens is 3. The number of nitrogens with zero attached hydrogens (tertiary/aromatic N) is 3. The molecule has 0 aliphatic heterocycles. The highest BCUT2D eigenvalue weighted by Gasteiger charge is 2.27. The average molecular weight is 611 g/mol. The predicted octanol–water partition coefficient (Wildman–Crippen LogP) is 5.53. The minimum atomic E-state index is -4.02. The van der Waals surface area contributed by atoms with Crippen LogP contribution in [-0.4, -0.2) is 52.7 Å². The van der Waals surface area contributed by atoms with Crippen molar-refractivity contribution in [3.8, 4) is 11.4 Å². The number of halogens is 3. The molecule has 0 aliphatic carbocycles. The fraction of sp³-hybridized carbons (Fsp3) is 0.160. The fourth-order valence-electron chi connectivity index (χ4n) is 3.41. The molecule has 0 saturated carbocycles. The maximum absolute atomic E-state index is 13.4. The molecule has 198 valence electrons. The van der Waals surface area contributed by atoms with Gasteiger partial charge < -0.3 is 5.32 Å². The van der Waals surface area contributed by atoms with Gasteiger partial charge in [-0.2, -0.15) is 4.31 Å². The Balaban J connectivity index is 1.38. The van der Waals surface area contributed by atoms with Crippen molar-refractivity contribution in [1.82, 2.24) is 24.8 Å². The Morgan fingerprint density at radius 3 is 2.42 bits per heavy atom. The van der Waals surface area contributed by atoms with Gasteiger partial charge in [0.1, 0.15) is 0 Å². The minimum Gasteiger partial charge on any atom is -0.354 e. The second-order valence-corrected chi connectivity index (χ2v) is 12.3. The molecule has 0 bridgehead atoms. The van der Waals surface area contributed by atoms with Crippen LogP contribution in [0.4, 0.5) is 0 Å². The standard InChI is InChI=1S/C25H22Cl3N5O3S2/c26-19-7-9-20(10-8-19)38(35,36)33(15-17-6-11-21(27)22(28)14-17)16-23(34)29-12-13-37-25-30-24(31-32-25)18-4-2-1-3-5-18/h1-11,14H,12-13,15-16H2,(H,29,34)(H,30,31,32). The van der Waals surface area contributed by atoms with Crippen LogP contribution in [0.1, 0.15) is 5.56 Å². The molecule has 4 rings (SSSR count). The summed E-state index contributed by atoms with van der Waals surface area (Å²) in [5.41, 5.74) is 1.50. The number of nitrogens with one attached hydrogen (secondary N) is 2. The SMILES string of the molecule is O=C(CN(Cc1ccc(Cl)c(Cl)c1)S(=O)(=O)c1ccc(Cl)cc1)NCCSc1n[nH]c(-c2ccccc2)n1. The topological polar surface area (TPSA) is 108 Å². The monoisotopic (exact) mass is 609 g/mol. The summed E-state index contributed by atoms with van der Waals surface area (Å²) in [7, 11) is -4.02. The van der Waals surface area contributed by atoms with E-state index < -0.39 is 22.5 Å². The molecule has 13 heteroatoms. The Labute approximate surface area is 239 Å². The van der Waals surface area contributed by atoms with E-state index in [0.29, 0.717) is 38.9 Å². The summed E-state index contributed by atoms with van der Waals surface area (Å²) in [5, 5.41) is 11.4. The molecule has 0 fully saturated rings. The number of hydrogen-bond acceptors (Lipinski definition) is 6. The van der Waals surface area contributed by atoms with Crippen molar-refractivity contribution in [2.45, 2.75) is 16.6 Å². The number of H-pyrrole nitrogens is 1. The molecule has 0 saturated heterocycles. The summed E-state index contributed by atoms with van der Waals surface area (Å²) in [6, 6.07) is 20.2. The van der Waals surface area contributed by atoms with Gasteiger partial charge in [0.25, 0.3) is 0 Å². The first-order chi connectivity index (χ1) is 18.2. The van der Waals surface area contributed by atoms with E-state index >= 15 is 0 Å². The van der Waals surface area contributed by atoms with E-state index in [9.17, 15) is 13.2 Å². The summed E-state index contributed by atoms with van der Waals surface area (Å²) in [6.07, 6.45) is 0. The van der Waals surface area contributed by atoms with Gasteiger partial charge in [-0.1, -0.05) is 83.0 Å². The Kier molecular flexibility index (Phi) is 9.69. The molecular formula is C25H22Cl3N5O3S2. The van der Waals surface area contributed by atoms with E-state index in [1.807, 2.05) is 30.3 Å². The number of benzene rings is 3. The summed E-state index contributed by atoms with van der Waals surface area (Å²) in [4.78, 5) is 17.2. The molecule has 1 aromatic heterocycles. The van der Waals surface area contributed by atoms with Gasteiger partial charge in [-0.05, 0) is 42.0 Å². The highest BCUT2D eigenvalue weighted by atomic mass is 35.5. The van der Waals surface area contributed by atoms with Gasteiger partial charge in [-0.3, -0.25) is 9.89 Å². The molecule has 1 heterocycles. The van der Waals surface area contributed by atoms with Gasteiger partial charge in [0.05, 0.1) is 21.5 Å². The van der Waals surface area contributed by atoms with E-state index in [-0.39, 0.29) is 16.5 Å². The number of rotatable bonds is 11. The number of aromatic amines is 1. The number of sulfonamides is 1. The Hall–Kier alpha value is -2.60. The second-order valence-electron chi connectivity index (χ2n) is 8.01. The molecule has 8 nitrogen and oxygen atoms in total. The third-order valence-corrected chi connectivity index (χ3v) is 8.93. The number of amides is 1. The molecule has 3 aromatic carbocycles. The molecule has 4 aromatic rings. The largest absolute Gasteiger partial charge is 0.354 e. The lowest BCUT2D eigenvalue weighted by atomic mass is 10.2. The molecule has 0 atom stereocenters. The maximum Gasteiger partial charge on any atom is 0.243 e. The van der Waals surface area contributed by atoms with E-state index in [1.165, 1.54) is 36.0 Å². The molecular weight excluding hydrogens is 589 g/mol. The lowest BCUT2D eigenvalue weighted by Crippen LogP contribution is -2.40. The maximum atomic E-state index is 13.4. The molecule has 0 aliphatic rings. The Morgan fingerprint density at radius 1 is 0.974 bits per heavy atom. The molecule has 1 amide bonds. The third-order valence-electron chi connectivity index (χ3n) is 5.28. The summed E-state index contributed by atoms with van der Waals surface area (Å²) in [5.74, 6) is 0.694. The second kappa shape index (κ2) is 13.0. The van der Waals surface area contributed by atoms with Crippen LogP contribution in [0.15, 0.2) is 82.8 Å². The van der Waals surface area contributed by atoms with Gasteiger partial charge in [0.2, 0.25) is 21.1 Å². The van der Waals surface area contributed by atoms with Crippen LogP contribution in [0.25, 0.3) is 11.4 Å². The number of thioether (sulfide) groups is 1. The molecule has 0 unspecified atom stereocenters. The quantitative estimate of drug-likeness (QED) is 0.171. The smallest absolute Gasteiger partial charge is 0.243 e. The van der Waals surface area contributed by atoms with Crippen molar-refractivity contribution in [1.29, 1.82) is 0 Å². The highest BCUT2D eigenvalue weighted by molar-refractivity contribution is 7.99. The lowest BCUT2D eigenvalue weighted by molar-refractivity contribution is -0.121. The first-order valence-corrected chi connectivity index (χ1v) is 14.9. The first-order valence-electron chi connectivity index (χ1n) is 11.3. The van der Waals surface area contributed by atoms with Crippen molar-refractivity contribution in [2.75, 3.05) is 18.8 Å². The molecule has 0 spiro atoms. The van der Waals surface area contributed by atoms with Crippen molar-refractivity contribution < 1.29 is 13.2 Å². The first kappa shape index (κ1) is 28.4. The predicted molar refractivity (Wildman–Crippen MR) is 151 cm³/mol. The van der Waals surface area contributed by atoms with Gasteiger partial charge >= 0.3 is 0 Å². The Morgan fingerprint density at radius 2 is 1.71 bits per heavy atom. The van der Waals surface area contributed by atoms with Crippen LogP contribution in [0.3, 0.4) is 0 Å². The van der Waals surface area contributed by atoms with Crippen molar-refractivity contribution in [2.24, 2.45) is 0 Å². The van der Waals surface area contributed by atoms with Crippen LogP contribution in [0, 0.1) is 0 Å². The zero-order valence-electron chi connectivity index (χ0n) is 19.8. The van der Waals surface area contributed by atoms with E-state index in [4.69, 9.17) is 34.8 Å². The van der Waals surface area contributed by atoms with Crippen LogP contribution < -0.4 is 5.32 Å². The van der Waals surface area contributed by atoms with Gasteiger partial charge in [-0.25, -0.2) is 13.4 Å². The lowest BCUT2D eigenvalue weighted by Gasteiger charge is -2.22. The number of carbonyl (C=O) groups is 1. The average Bonchev–Trinajstić information content (AvgIpc) is 3.38. The summed E-state index contributed by atoms with van der Waals surface area (Å²) >= 11 is 19.4. The van der Waals surface area contributed by atoms with Gasteiger partial charge in [-0.15, -0.1) is 5.10 Å². The minimum absolute atomic E-state index is 0.0177. The van der Waals surface area contributed by atoms with Crippen molar-refractivity contribution >= 4 is 62.5 Å². The summed E-state index contributed by atoms with van der Waals surface area (Å²) < 4.78 is 27.9. The third kappa shape index (κ3) is 7.49. The molecule has 38 heavy (non-hydrogen) atoms. The van der Waals surface area contributed by atoms with Crippen molar-refractivity contribution in [3.63, 3.8) is 0 Å². The van der Waals surface area contributed by atoms with Crippen LogP contribution in [0.2, 0.25) is 15.1 Å². The van der Waals surface area contributed by atoms with Crippen LogP contribution in [0.5, 0.6) is 0 Å². The van der Waals surface area contributed by atoms with E-state index in [1.54, 1.807) is 18.2 Å². The van der Waals surface area contributed by atoms with Crippen LogP contribution in [-0.2, 0) is 21.4 Å². The summed E-state index contributed by atoms with van der Waals surface area (Å²) in [6.45, 7) is -0.182. The number of carbonyl (C=O) groups excluding carboxylic acids is 1. The zero-order chi connectivity index (χ0) is 27.1. The van der Waals surface area contributed by atoms with E-state index in [0.717, 1.165) is 9.87 Å². The van der Waals surface area contributed by atoms with Crippen molar-refractivity contribution in [3.05, 3.63) is 93.4 Å². The fourth-order valence-corrected chi connectivity index (χ4v) is 5.89. The molecule has 0 radical (unpaired) electrons. The molecule has 2 N–H and O–H groups in total. The normalized spacial score (nSPS) is 11.6. The highest BCUT2D eigenvalue weighted by Crippen LogP contribution is 2.25. The zero-order valence-corrected chi connectivity index (χ0v) is 23.7. The Bertz CT molecular complexity index is 1500. The van der Waals surface area contributed by atoms with Gasteiger partial charge in [0.15, 0.2) is 5.82 Å². The van der Waals surface area contributed by atoms with E-state index in [2.05, 4.69) is 20.5 Å². The van der Waals surface area contributed by atoms with Crippen LogP contribution >= 0.6 is 46.6 Å². The van der Waals surface area contributed by atoms with Gasteiger partial charge in [0, 0.05) is 29.4 Å².